The molecule has 1 N–H and O–H groups in total. The van der Waals surface area contributed by atoms with Crippen molar-refractivity contribution in [2.24, 2.45) is 0 Å². The lowest BCUT2D eigenvalue weighted by atomic mass is 10.2. The molecule has 7 nitrogen and oxygen atoms in total. The molecule has 9 heteroatoms. The normalized spacial score (nSPS) is 10.2. The predicted molar refractivity (Wildman–Crippen MR) is 64.3 cm³/mol. The minimum atomic E-state index is -1.55. The van der Waals surface area contributed by atoms with Gasteiger partial charge >= 0.3 is 11.7 Å². The smallest absolute Gasteiger partial charge is 0.338 e. The van der Waals surface area contributed by atoms with Gasteiger partial charge in [-0.2, -0.15) is 0 Å². The molecule has 0 saturated heterocycles. The number of aromatic carboxylic acids is 1. The van der Waals surface area contributed by atoms with Crippen molar-refractivity contribution in [1.82, 2.24) is 4.98 Å². The van der Waals surface area contributed by atoms with E-state index in [0.29, 0.717) is 6.07 Å². The van der Waals surface area contributed by atoms with E-state index in [4.69, 9.17) is 9.84 Å². The van der Waals surface area contributed by atoms with Crippen molar-refractivity contribution in [3.63, 3.8) is 0 Å². The highest BCUT2D eigenvalue weighted by Crippen LogP contribution is 2.32. The fraction of sp³-hybridized carbons (Fsp3) is 0. The maximum absolute atomic E-state index is 13.8. The fourth-order valence-electron chi connectivity index (χ4n) is 1.48. The Labute approximate surface area is 115 Å². The van der Waals surface area contributed by atoms with E-state index in [2.05, 4.69) is 4.98 Å². The Balaban J connectivity index is 2.46. The summed E-state index contributed by atoms with van der Waals surface area (Å²) in [5.41, 5.74) is -1.44. The first-order valence-corrected chi connectivity index (χ1v) is 5.39. The molecule has 0 unspecified atom stereocenters. The van der Waals surface area contributed by atoms with Crippen LogP contribution >= 0.6 is 0 Å². The highest BCUT2D eigenvalue weighted by atomic mass is 19.1. The summed E-state index contributed by atoms with van der Waals surface area (Å²) in [6.45, 7) is 0. The van der Waals surface area contributed by atoms with Gasteiger partial charge in [-0.25, -0.2) is 18.6 Å². The van der Waals surface area contributed by atoms with Crippen LogP contribution in [0.25, 0.3) is 0 Å². The molecule has 0 aliphatic heterocycles. The Morgan fingerprint density at radius 2 is 2.05 bits per heavy atom. The summed E-state index contributed by atoms with van der Waals surface area (Å²) in [6, 6.07) is 3.29. The lowest BCUT2D eigenvalue weighted by molar-refractivity contribution is -0.385. The molecule has 0 aliphatic carbocycles. The van der Waals surface area contributed by atoms with Crippen molar-refractivity contribution in [3.05, 3.63) is 57.8 Å². The summed E-state index contributed by atoms with van der Waals surface area (Å²) >= 11 is 0. The Kier molecular flexibility index (Phi) is 3.74. The number of benzene rings is 1. The standard InChI is InChI=1S/C12H6F2N2O5/c13-6-1-2-9(8(5-6)16(19)20)21-11-10(14)7(12(17)18)3-4-15-11/h1-5H,(H,17,18). The first-order chi connectivity index (χ1) is 9.90. The third kappa shape index (κ3) is 2.91. The van der Waals surface area contributed by atoms with Crippen molar-refractivity contribution in [1.29, 1.82) is 0 Å². The van der Waals surface area contributed by atoms with Gasteiger partial charge in [0, 0.05) is 6.20 Å². The zero-order chi connectivity index (χ0) is 15.6. The summed E-state index contributed by atoms with van der Waals surface area (Å²) in [5, 5.41) is 19.5. The Morgan fingerprint density at radius 1 is 1.33 bits per heavy atom. The number of hydrogen-bond donors (Lipinski definition) is 1. The van der Waals surface area contributed by atoms with Gasteiger partial charge < -0.3 is 9.84 Å². The topological polar surface area (TPSA) is 103 Å². The van der Waals surface area contributed by atoms with Crippen molar-refractivity contribution in [2.75, 3.05) is 0 Å². The summed E-state index contributed by atoms with van der Waals surface area (Å²) in [4.78, 5) is 24.1. The van der Waals surface area contributed by atoms with Crippen LogP contribution in [0.5, 0.6) is 11.6 Å². The third-order valence-electron chi connectivity index (χ3n) is 2.41. The maximum Gasteiger partial charge on any atom is 0.338 e. The monoisotopic (exact) mass is 296 g/mol. The molecule has 0 atom stereocenters. The van der Waals surface area contributed by atoms with E-state index in [0.717, 1.165) is 24.4 Å². The van der Waals surface area contributed by atoms with Gasteiger partial charge in [0.25, 0.3) is 5.88 Å². The number of aromatic nitrogens is 1. The molecule has 0 radical (unpaired) electrons. The van der Waals surface area contributed by atoms with Crippen LogP contribution in [-0.4, -0.2) is 21.0 Å². The molecule has 1 heterocycles. The van der Waals surface area contributed by atoms with Crippen LogP contribution in [0.2, 0.25) is 0 Å². The van der Waals surface area contributed by atoms with Gasteiger partial charge in [-0.05, 0) is 18.2 Å². The van der Waals surface area contributed by atoms with Gasteiger partial charge in [0.05, 0.1) is 11.0 Å². The number of carbonyl (C=O) groups is 1. The summed E-state index contributed by atoms with van der Waals surface area (Å²) < 4.78 is 31.7. The first kappa shape index (κ1) is 14.3. The Bertz CT molecular complexity index is 736. The average Bonchev–Trinajstić information content (AvgIpc) is 2.42. The van der Waals surface area contributed by atoms with E-state index in [9.17, 15) is 23.7 Å². The largest absolute Gasteiger partial charge is 0.478 e. The number of nitro groups is 1. The molecule has 2 rings (SSSR count). The fourth-order valence-corrected chi connectivity index (χ4v) is 1.48. The number of halogens is 2. The molecular formula is C12H6F2N2O5. The molecule has 0 spiro atoms. The number of nitro benzene ring substituents is 1. The van der Waals surface area contributed by atoms with Crippen LogP contribution < -0.4 is 4.74 Å². The Hall–Kier alpha value is -3.10. The highest BCUT2D eigenvalue weighted by Gasteiger charge is 2.21. The number of carboxylic acid groups (broad SMARTS) is 1. The SMILES string of the molecule is O=C(O)c1ccnc(Oc2ccc(F)cc2[N+](=O)[O-])c1F. The maximum atomic E-state index is 13.8. The number of pyridine rings is 1. The van der Waals surface area contributed by atoms with Gasteiger partial charge in [0.15, 0.2) is 5.82 Å². The number of nitrogens with zero attached hydrogens (tertiary/aromatic N) is 2. The molecule has 0 saturated carbocycles. The van der Waals surface area contributed by atoms with Crippen molar-refractivity contribution in [3.8, 4) is 11.6 Å². The van der Waals surface area contributed by atoms with Crippen molar-refractivity contribution >= 4 is 11.7 Å². The van der Waals surface area contributed by atoms with E-state index in [1.54, 1.807) is 0 Å². The molecule has 0 aliphatic rings. The first-order valence-electron chi connectivity index (χ1n) is 5.39. The van der Waals surface area contributed by atoms with Crippen LogP contribution in [0, 0.1) is 21.7 Å². The average molecular weight is 296 g/mol. The van der Waals surface area contributed by atoms with Crippen LogP contribution in [0.3, 0.4) is 0 Å². The lowest BCUT2D eigenvalue weighted by Gasteiger charge is -2.07. The number of ether oxygens (including phenoxy) is 1. The highest BCUT2D eigenvalue weighted by molar-refractivity contribution is 5.88. The molecule has 1 aromatic carbocycles. The predicted octanol–water partition coefficient (Wildman–Crippen LogP) is 2.76. The van der Waals surface area contributed by atoms with E-state index in [1.165, 1.54) is 0 Å². The van der Waals surface area contributed by atoms with Crippen LogP contribution in [0.4, 0.5) is 14.5 Å². The molecule has 21 heavy (non-hydrogen) atoms. The van der Waals surface area contributed by atoms with Crippen molar-refractivity contribution in [2.45, 2.75) is 0 Å². The molecular weight excluding hydrogens is 290 g/mol. The van der Waals surface area contributed by atoms with Gasteiger partial charge in [-0.15, -0.1) is 0 Å². The lowest BCUT2D eigenvalue weighted by Crippen LogP contribution is -2.04. The van der Waals surface area contributed by atoms with Gasteiger partial charge in [0.2, 0.25) is 5.75 Å². The minimum Gasteiger partial charge on any atom is -0.478 e. The molecule has 1 aromatic heterocycles. The van der Waals surface area contributed by atoms with Gasteiger partial charge in [-0.1, -0.05) is 0 Å². The summed E-state index contributed by atoms with van der Waals surface area (Å²) in [5.74, 6) is -4.93. The molecule has 0 bridgehead atoms. The van der Waals surface area contributed by atoms with E-state index in [1.807, 2.05) is 0 Å². The van der Waals surface area contributed by atoms with Crippen molar-refractivity contribution < 1.29 is 28.3 Å². The second-order valence-corrected chi connectivity index (χ2v) is 3.75. The van der Waals surface area contributed by atoms with E-state index < -0.39 is 45.4 Å². The zero-order valence-electron chi connectivity index (χ0n) is 10.1. The number of carboxylic acids is 1. The second kappa shape index (κ2) is 5.49. The minimum absolute atomic E-state index is 0.463. The van der Waals surface area contributed by atoms with E-state index >= 15 is 0 Å². The van der Waals surface area contributed by atoms with Crippen LogP contribution in [0.15, 0.2) is 30.5 Å². The zero-order valence-corrected chi connectivity index (χ0v) is 10.1. The Morgan fingerprint density at radius 3 is 2.67 bits per heavy atom. The molecule has 108 valence electrons. The quantitative estimate of drug-likeness (QED) is 0.687. The number of rotatable bonds is 4. The van der Waals surface area contributed by atoms with Crippen LogP contribution in [-0.2, 0) is 0 Å². The second-order valence-electron chi connectivity index (χ2n) is 3.75. The summed E-state index contributed by atoms with van der Waals surface area (Å²) in [6.07, 6.45) is 0.969. The van der Waals surface area contributed by atoms with E-state index in [-0.39, 0.29) is 0 Å². The molecule has 0 amide bonds. The van der Waals surface area contributed by atoms with Gasteiger partial charge in [-0.3, -0.25) is 10.1 Å². The summed E-state index contributed by atoms with van der Waals surface area (Å²) in [7, 11) is 0. The van der Waals surface area contributed by atoms with Crippen LogP contribution in [0.1, 0.15) is 10.4 Å². The molecule has 2 aromatic rings. The molecule has 0 fully saturated rings. The third-order valence-corrected chi connectivity index (χ3v) is 2.41. The van der Waals surface area contributed by atoms with Gasteiger partial charge in [0.1, 0.15) is 11.4 Å². The number of hydrogen-bond acceptors (Lipinski definition) is 5.